The molecule has 2 aromatic rings. The first-order valence-electron chi connectivity index (χ1n) is 6.10. The number of thiophene rings is 1. The monoisotopic (exact) mass is 244 g/mol. The average molecular weight is 244 g/mol. The zero-order chi connectivity index (χ0) is 11.7. The van der Waals surface area contributed by atoms with Crippen LogP contribution in [0.3, 0.4) is 0 Å². The third-order valence-electron chi connectivity index (χ3n) is 3.57. The van der Waals surface area contributed by atoms with Gasteiger partial charge in [-0.05, 0) is 58.7 Å². The van der Waals surface area contributed by atoms with E-state index in [9.17, 15) is 5.11 Å². The van der Waals surface area contributed by atoms with Gasteiger partial charge in [0, 0.05) is 0 Å². The summed E-state index contributed by atoms with van der Waals surface area (Å²) in [6.07, 6.45) is 2.62. The lowest BCUT2D eigenvalue weighted by molar-refractivity contribution is 0.151. The standard InChI is InChI=1S/C15H16OS/c16-14(7-11-5-6-17-10-11)9-13-8-12-3-1-2-4-15(12)13/h1-6,10,13-14,16H,7-9H2. The summed E-state index contributed by atoms with van der Waals surface area (Å²) in [7, 11) is 0. The smallest absolute Gasteiger partial charge is 0.0586 e. The van der Waals surface area contributed by atoms with Crippen LogP contribution >= 0.6 is 11.3 Å². The van der Waals surface area contributed by atoms with Crippen LogP contribution in [-0.4, -0.2) is 11.2 Å². The molecular weight excluding hydrogens is 228 g/mol. The molecule has 2 atom stereocenters. The van der Waals surface area contributed by atoms with E-state index in [2.05, 4.69) is 41.1 Å². The summed E-state index contributed by atoms with van der Waals surface area (Å²) in [5, 5.41) is 14.3. The van der Waals surface area contributed by atoms with Gasteiger partial charge in [-0.15, -0.1) is 0 Å². The van der Waals surface area contributed by atoms with Gasteiger partial charge in [-0.1, -0.05) is 24.3 Å². The summed E-state index contributed by atoms with van der Waals surface area (Å²) in [6.45, 7) is 0. The minimum Gasteiger partial charge on any atom is -0.393 e. The minimum absolute atomic E-state index is 0.206. The lowest BCUT2D eigenvalue weighted by Crippen LogP contribution is -2.23. The van der Waals surface area contributed by atoms with Gasteiger partial charge in [-0.25, -0.2) is 0 Å². The SMILES string of the molecule is OC(Cc1ccsc1)CC1Cc2ccccc21. The Balaban J connectivity index is 1.59. The molecule has 1 N–H and O–H groups in total. The highest BCUT2D eigenvalue weighted by Gasteiger charge is 2.27. The van der Waals surface area contributed by atoms with E-state index in [1.54, 1.807) is 11.3 Å². The van der Waals surface area contributed by atoms with E-state index in [0.717, 1.165) is 19.3 Å². The third kappa shape index (κ3) is 2.28. The molecule has 1 aromatic carbocycles. The Bertz CT molecular complexity index is 489. The summed E-state index contributed by atoms with van der Waals surface area (Å²) in [5.74, 6) is 0.569. The minimum atomic E-state index is -0.206. The fourth-order valence-electron chi connectivity index (χ4n) is 2.67. The average Bonchev–Trinajstić information content (AvgIpc) is 2.79. The molecule has 1 aliphatic rings. The van der Waals surface area contributed by atoms with Crippen LogP contribution in [-0.2, 0) is 12.8 Å². The summed E-state index contributed by atoms with van der Waals surface area (Å²) in [4.78, 5) is 0. The van der Waals surface area contributed by atoms with Crippen molar-refractivity contribution >= 4 is 11.3 Å². The Morgan fingerprint density at radius 2 is 2.18 bits per heavy atom. The number of aliphatic hydroxyl groups excluding tert-OH is 1. The maximum Gasteiger partial charge on any atom is 0.0586 e. The molecule has 3 rings (SSSR count). The molecule has 0 saturated carbocycles. The molecule has 2 heteroatoms. The molecule has 1 aliphatic carbocycles. The van der Waals surface area contributed by atoms with E-state index >= 15 is 0 Å². The molecule has 0 amide bonds. The Hall–Kier alpha value is -1.12. The molecule has 1 aromatic heterocycles. The predicted octanol–water partition coefficient (Wildman–Crippen LogP) is 3.38. The highest BCUT2D eigenvalue weighted by atomic mass is 32.1. The van der Waals surface area contributed by atoms with Crippen molar-refractivity contribution in [2.45, 2.75) is 31.3 Å². The summed E-state index contributed by atoms with van der Waals surface area (Å²) in [6, 6.07) is 10.7. The second-order valence-electron chi connectivity index (χ2n) is 4.83. The molecule has 1 nitrogen and oxygen atoms in total. The van der Waals surface area contributed by atoms with Crippen LogP contribution in [0.4, 0.5) is 0 Å². The Labute approximate surface area is 106 Å². The van der Waals surface area contributed by atoms with Gasteiger partial charge in [0.1, 0.15) is 0 Å². The fraction of sp³-hybridized carbons (Fsp3) is 0.333. The quantitative estimate of drug-likeness (QED) is 0.874. The van der Waals surface area contributed by atoms with Crippen LogP contribution in [0.2, 0.25) is 0 Å². The van der Waals surface area contributed by atoms with Crippen molar-refractivity contribution in [2.24, 2.45) is 0 Å². The first-order chi connectivity index (χ1) is 8.33. The Morgan fingerprint density at radius 1 is 1.29 bits per heavy atom. The lowest BCUT2D eigenvalue weighted by Gasteiger charge is -2.31. The van der Waals surface area contributed by atoms with Gasteiger partial charge < -0.3 is 5.11 Å². The van der Waals surface area contributed by atoms with E-state index in [1.807, 2.05) is 0 Å². The third-order valence-corrected chi connectivity index (χ3v) is 4.30. The number of hydrogen-bond acceptors (Lipinski definition) is 2. The maximum absolute atomic E-state index is 10.1. The molecule has 0 radical (unpaired) electrons. The van der Waals surface area contributed by atoms with Gasteiger partial charge in [-0.2, -0.15) is 11.3 Å². The van der Waals surface area contributed by atoms with E-state index in [1.165, 1.54) is 16.7 Å². The van der Waals surface area contributed by atoms with Crippen LogP contribution in [0.25, 0.3) is 0 Å². The second kappa shape index (κ2) is 4.63. The molecule has 0 saturated heterocycles. The normalized spacial score (nSPS) is 19.5. The lowest BCUT2D eigenvalue weighted by atomic mass is 9.74. The van der Waals surface area contributed by atoms with Crippen molar-refractivity contribution in [3.63, 3.8) is 0 Å². The van der Waals surface area contributed by atoms with Gasteiger partial charge >= 0.3 is 0 Å². The maximum atomic E-state index is 10.1. The number of fused-ring (bicyclic) bond motifs is 1. The topological polar surface area (TPSA) is 20.2 Å². The number of aliphatic hydroxyl groups is 1. The van der Waals surface area contributed by atoms with Crippen molar-refractivity contribution in [3.8, 4) is 0 Å². The van der Waals surface area contributed by atoms with Crippen LogP contribution in [0.1, 0.15) is 29.0 Å². The Kier molecular flexibility index (Phi) is 3.00. The zero-order valence-electron chi connectivity index (χ0n) is 9.67. The van der Waals surface area contributed by atoms with E-state index < -0.39 is 0 Å². The molecule has 88 valence electrons. The zero-order valence-corrected chi connectivity index (χ0v) is 10.5. The largest absolute Gasteiger partial charge is 0.393 e. The summed E-state index contributed by atoms with van der Waals surface area (Å²) in [5.41, 5.74) is 4.16. The van der Waals surface area contributed by atoms with E-state index in [-0.39, 0.29) is 6.10 Å². The second-order valence-corrected chi connectivity index (χ2v) is 5.61. The molecule has 1 heterocycles. The van der Waals surface area contributed by atoms with Crippen molar-refractivity contribution in [3.05, 3.63) is 57.8 Å². The van der Waals surface area contributed by atoms with Crippen molar-refractivity contribution < 1.29 is 5.11 Å². The van der Waals surface area contributed by atoms with E-state index in [4.69, 9.17) is 0 Å². The van der Waals surface area contributed by atoms with Crippen LogP contribution < -0.4 is 0 Å². The van der Waals surface area contributed by atoms with Gasteiger partial charge in [0.15, 0.2) is 0 Å². The molecular formula is C15H16OS. The Morgan fingerprint density at radius 3 is 2.94 bits per heavy atom. The van der Waals surface area contributed by atoms with Crippen molar-refractivity contribution in [1.82, 2.24) is 0 Å². The van der Waals surface area contributed by atoms with E-state index in [0.29, 0.717) is 5.92 Å². The molecule has 2 unspecified atom stereocenters. The predicted molar refractivity (Wildman–Crippen MR) is 71.5 cm³/mol. The fourth-order valence-corrected chi connectivity index (χ4v) is 3.35. The molecule has 0 spiro atoms. The first kappa shape index (κ1) is 11.0. The number of benzene rings is 1. The molecule has 17 heavy (non-hydrogen) atoms. The van der Waals surface area contributed by atoms with Gasteiger partial charge in [0.2, 0.25) is 0 Å². The first-order valence-corrected chi connectivity index (χ1v) is 7.04. The highest BCUT2D eigenvalue weighted by molar-refractivity contribution is 7.07. The van der Waals surface area contributed by atoms with Crippen LogP contribution in [0.15, 0.2) is 41.1 Å². The van der Waals surface area contributed by atoms with Gasteiger partial charge in [-0.3, -0.25) is 0 Å². The summed E-state index contributed by atoms with van der Waals surface area (Å²) >= 11 is 1.70. The van der Waals surface area contributed by atoms with Gasteiger partial charge in [0.25, 0.3) is 0 Å². The molecule has 0 aliphatic heterocycles. The van der Waals surface area contributed by atoms with Gasteiger partial charge in [0.05, 0.1) is 6.10 Å². The number of hydrogen-bond donors (Lipinski definition) is 1. The summed E-state index contributed by atoms with van der Waals surface area (Å²) < 4.78 is 0. The van der Waals surface area contributed by atoms with Crippen LogP contribution in [0, 0.1) is 0 Å². The number of rotatable bonds is 4. The highest BCUT2D eigenvalue weighted by Crippen LogP contribution is 2.38. The molecule has 0 bridgehead atoms. The van der Waals surface area contributed by atoms with Crippen molar-refractivity contribution in [1.29, 1.82) is 0 Å². The molecule has 0 fully saturated rings. The van der Waals surface area contributed by atoms with Crippen molar-refractivity contribution in [2.75, 3.05) is 0 Å². The van der Waals surface area contributed by atoms with Crippen LogP contribution in [0.5, 0.6) is 0 Å².